The molecule has 1 heterocycles. The quantitative estimate of drug-likeness (QED) is 0.575. The van der Waals surface area contributed by atoms with Gasteiger partial charge in [0, 0.05) is 13.0 Å². The number of hydrogen-bond acceptors (Lipinski definition) is 6. The number of alkyl halides is 3. The van der Waals surface area contributed by atoms with Crippen molar-refractivity contribution >= 4 is 35.0 Å². The van der Waals surface area contributed by atoms with Gasteiger partial charge in [0.25, 0.3) is 11.1 Å². The zero-order chi connectivity index (χ0) is 20.2. The number of phenolic OH excluding ortho intramolecular Hbond substituents is 1. The molecule has 0 radical (unpaired) electrons. The number of phenols is 1. The molecule has 0 aliphatic carbocycles. The van der Waals surface area contributed by atoms with Gasteiger partial charge in [0.05, 0.1) is 17.1 Å². The van der Waals surface area contributed by atoms with Gasteiger partial charge in [0.2, 0.25) is 0 Å². The summed E-state index contributed by atoms with van der Waals surface area (Å²) in [5, 5.41) is 8.77. The standard InChI is InChI=1S/C17H16F3NO5S/c1-2-26-14(23)4-3-7-21-15(24)13(27-16(21)25)9-10-5-6-12(22)11(8-10)17(18,19)20/h5-6,8-9,22H,2-4,7H2,1H3/b13-9+. The summed E-state index contributed by atoms with van der Waals surface area (Å²) in [6.07, 6.45) is -3.32. The van der Waals surface area contributed by atoms with Gasteiger partial charge in [0.1, 0.15) is 5.75 Å². The molecule has 1 aromatic carbocycles. The first-order valence-corrected chi connectivity index (χ1v) is 8.76. The van der Waals surface area contributed by atoms with Crippen LogP contribution in [0.1, 0.15) is 30.9 Å². The Morgan fingerprint density at radius 2 is 2.04 bits per heavy atom. The molecule has 146 valence electrons. The number of rotatable bonds is 6. The number of carbonyl (C=O) groups excluding carboxylic acids is 3. The lowest BCUT2D eigenvalue weighted by atomic mass is 10.1. The predicted molar refractivity (Wildman–Crippen MR) is 91.7 cm³/mol. The summed E-state index contributed by atoms with van der Waals surface area (Å²) in [5.41, 5.74) is -1.21. The maximum absolute atomic E-state index is 12.8. The number of ether oxygens (including phenoxy) is 1. The lowest BCUT2D eigenvalue weighted by Crippen LogP contribution is -2.29. The molecule has 0 atom stereocenters. The van der Waals surface area contributed by atoms with E-state index >= 15 is 0 Å². The first-order chi connectivity index (χ1) is 12.6. The molecule has 6 nitrogen and oxygen atoms in total. The highest BCUT2D eigenvalue weighted by Crippen LogP contribution is 2.38. The average Bonchev–Trinajstić information content (AvgIpc) is 2.83. The van der Waals surface area contributed by atoms with Crippen molar-refractivity contribution < 1.29 is 37.4 Å². The van der Waals surface area contributed by atoms with Crippen LogP contribution in [0.25, 0.3) is 6.08 Å². The van der Waals surface area contributed by atoms with E-state index in [0.717, 1.165) is 17.0 Å². The van der Waals surface area contributed by atoms with E-state index in [1.807, 2.05) is 0 Å². The molecule has 1 N–H and O–H groups in total. The van der Waals surface area contributed by atoms with Gasteiger partial charge in [0.15, 0.2) is 0 Å². The molecule has 1 fully saturated rings. The molecule has 10 heteroatoms. The van der Waals surface area contributed by atoms with Gasteiger partial charge in [-0.05, 0) is 48.9 Å². The average molecular weight is 403 g/mol. The maximum atomic E-state index is 12.8. The van der Waals surface area contributed by atoms with E-state index in [9.17, 15) is 32.7 Å². The number of halogens is 3. The second kappa shape index (κ2) is 8.47. The SMILES string of the molecule is CCOC(=O)CCCN1C(=O)S/C(=C/c2ccc(O)c(C(F)(F)F)c2)C1=O. The molecular weight excluding hydrogens is 387 g/mol. The van der Waals surface area contributed by atoms with Crippen LogP contribution in [0.5, 0.6) is 5.75 Å². The number of hydrogen-bond donors (Lipinski definition) is 1. The molecule has 0 saturated carbocycles. The fourth-order valence-corrected chi connectivity index (χ4v) is 3.19. The van der Waals surface area contributed by atoms with Crippen molar-refractivity contribution in [2.75, 3.05) is 13.2 Å². The molecule has 0 aromatic heterocycles. The van der Waals surface area contributed by atoms with Gasteiger partial charge in [-0.3, -0.25) is 19.3 Å². The van der Waals surface area contributed by atoms with Crippen LogP contribution in [0.15, 0.2) is 23.1 Å². The Balaban J connectivity index is 2.11. The third-order valence-corrected chi connectivity index (χ3v) is 4.47. The van der Waals surface area contributed by atoms with Crippen LogP contribution in [0, 0.1) is 0 Å². The summed E-state index contributed by atoms with van der Waals surface area (Å²) >= 11 is 0.602. The fraction of sp³-hybridized carbons (Fsp3) is 0.353. The summed E-state index contributed by atoms with van der Waals surface area (Å²) in [5.74, 6) is -2.01. The Labute approximate surface area is 157 Å². The van der Waals surface area contributed by atoms with Crippen molar-refractivity contribution in [1.29, 1.82) is 0 Å². The minimum Gasteiger partial charge on any atom is -0.507 e. The van der Waals surface area contributed by atoms with Crippen LogP contribution in [-0.4, -0.2) is 40.3 Å². The van der Waals surface area contributed by atoms with Crippen LogP contribution < -0.4 is 0 Å². The van der Waals surface area contributed by atoms with E-state index in [2.05, 4.69) is 0 Å². The highest BCUT2D eigenvalue weighted by atomic mass is 32.2. The minimum absolute atomic E-state index is 0.00417. The van der Waals surface area contributed by atoms with Crippen LogP contribution in [0.3, 0.4) is 0 Å². The lowest BCUT2D eigenvalue weighted by Gasteiger charge is -2.11. The number of thioether (sulfide) groups is 1. The molecule has 1 saturated heterocycles. The number of nitrogens with zero attached hydrogens (tertiary/aromatic N) is 1. The van der Waals surface area contributed by atoms with E-state index < -0.39 is 34.6 Å². The molecule has 1 aliphatic rings. The predicted octanol–water partition coefficient (Wildman–Crippen LogP) is 3.79. The molecule has 1 aromatic rings. The molecular formula is C17H16F3NO5S. The normalized spacial score (nSPS) is 16.3. The molecule has 0 unspecified atom stereocenters. The summed E-state index contributed by atoms with van der Waals surface area (Å²) in [4.78, 5) is 36.4. The Hall–Kier alpha value is -2.49. The Morgan fingerprint density at radius 3 is 2.67 bits per heavy atom. The molecule has 0 bridgehead atoms. The Kier molecular flexibility index (Phi) is 6.53. The number of esters is 1. The van der Waals surface area contributed by atoms with Crippen molar-refractivity contribution in [3.05, 3.63) is 34.2 Å². The van der Waals surface area contributed by atoms with Gasteiger partial charge in [-0.1, -0.05) is 6.07 Å². The van der Waals surface area contributed by atoms with E-state index in [1.54, 1.807) is 6.92 Å². The Morgan fingerprint density at radius 1 is 1.33 bits per heavy atom. The second-order valence-electron chi connectivity index (χ2n) is 5.52. The van der Waals surface area contributed by atoms with Crippen LogP contribution in [-0.2, 0) is 20.5 Å². The largest absolute Gasteiger partial charge is 0.507 e. The minimum atomic E-state index is -4.75. The monoisotopic (exact) mass is 403 g/mol. The molecule has 1 aliphatic heterocycles. The van der Waals surface area contributed by atoms with E-state index in [1.165, 1.54) is 6.07 Å². The van der Waals surface area contributed by atoms with Crippen LogP contribution in [0.4, 0.5) is 18.0 Å². The first kappa shape index (κ1) is 20.8. The highest BCUT2D eigenvalue weighted by Gasteiger charge is 2.36. The third kappa shape index (κ3) is 5.25. The van der Waals surface area contributed by atoms with Gasteiger partial charge in [-0.2, -0.15) is 13.2 Å². The molecule has 0 spiro atoms. The number of amides is 2. The van der Waals surface area contributed by atoms with E-state index in [-0.39, 0.29) is 36.5 Å². The highest BCUT2D eigenvalue weighted by molar-refractivity contribution is 8.18. The zero-order valence-electron chi connectivity index (χ0n) is 14.2. The van der Waals surface area contributed by atoms with Gasteiger partial charge >= 0.3 is 12.1 Å². The van der Waals surface area contributed by atoms with Gasteiger partial charge in [-0.25, -0.2) is 0 Å². The van der Waals surface area contributed by atoms with Crippen molar-refractivity contribution in [2.45, 2.75) is 25.9 Å². The fourth-order valence-electron chi connectivity index (χ4n) is 2.33. The van der Waals surface area contributed by atoms with Crippen molar-refractivity contribution in [3.8, 4) is 5.75 Å². The number of imide groups is 1. The second-order valence-corrected chi connectivity index (χ2v) is 6.51. The van der Waals surface area contributed by atoms with Crippen molar-refractivity contribution in [1.82, 2.24) is 4.90 Å². The number of benzene rings is 1. The number of aromatic hydroxyl groups is 1. The molecule has 2 rings (SSSR count). The van der Waals surface area contributed by atoms with Gasteiger partial charge < -0.3 is 9.84 Å². The maximum Gasteiger partial charge on any atom is 0.419 e. The Bertz CT molecular complexity index is 791. The van der Waals surface area contributed by atoms with Crippen LogP contribution >= 0.6 is 11.8 Å². The summed E-state index contributed by atoms with van der Waals surface area (Å²) in [6, 6.07) is 2.78. The zero-order valence-corrected chi connectivity index (χ0v) is 15.0. The lowest BCUT2D eigenvalue weighted by molar-refractivity contribution is -0.143. The van der Waals surface area contributed by atoms with Crippen LogP contribution in [0.2, 0.25) is 0 Å². The first-order valence-electron chi connectivity index (χ1n) is 7.94. The summed E-state index contributed by atoms with van der Waals surface area (Å²) in [7, 11) is 0. The molecule has 2 amide bonds. The smallest absolute Gasteiger partial charge is 0.419 e. The molecule has 27 heavy (non-hydrogen) atoms. The van der Waals surface area contributed by atoms with E-state index in [0.29, 0.717) is 17.8 Å². The van der Waals surface area contributed by atoms with Gasteiger partial charge in [-0.15, -0.1) is 0 Å². The van der Waals surface area contributed by atoms with Crippen molar-refractivity contribution in [3.63, 3.8) is 0 Å². The number of carbonyl (C=O) groups is 3. The summed E-state index contributed by atoms with van der Waals surface area (Å²) in [6.45, 7) is 1.90. The topological polar surface area (TPSA) is 83.9 Å². The van der Waals surface area contributed by atoms with Crippen molar-refractivity contribution in [2.24, 2.45) is 0 Å². The summed E-state index contributed by atoms with van der Waals surface area (Å²) < 4.78 is 43.3. The third-order valence-electron chi connectivity index (χ3n) is 3.57. The van der Waals surface area contributed by atoms with E-state index in [4.69, 9.17) is 4.74 Å².